The fraction of sp³-hybridized carbons (Fsp3) is 0.250. The summed E-state index contributed by atoms with van der Waals surface area (Å²) in [7, 11) is 0. The highest BCUT2D eigenvalue weighted by Crippen LogP contribution is 2.20. The molecule has 0 unspecified atom stereocenters. The molecule has 1 aromatic carbocycles. The first-order valence-electron chi connectivity index (χ1n) is 3.40. The van der Waals surface area contributed by atoms with E-state index in [-0.39, 0.29) is 12.4 Å². The zero-order valence-electron chi connectivity index (χ0n) is 6.58. The maximum absolute atomic E-state index is 12.1. The Balaban J connectivity index is 0.00000144. The van der Waals surface area contributed by atoms with Crippen LogP contribution in [0.4, 0.5) is 8.78 Å². The van der Waals surface area contributed by atoms with Crippen molar-refractivity contribution in [1.82, 2.24) is 0 Å². The quantitative estimate of drug-likeness (QED) is 0.827. The highest BCUT2D eigenvalue weighted by molar-refractivity contribution is 6.30. The van der Waals surface area contributed by atoms with Crippen LogP contribution in [0.3, 0.4) is 0 Å². The first-order chi connectivity index (χ1) is 5.61. The fourth-order valence-electron chi connectivity index (χ4n) is 0.859. The summed E-state index contributed by atoms with van der Waals surface area (Å²) in [6.07, 6.45) is -2.55. The van der Waals surface area contributed by atoms with Gasteiger partial charge in [0.05, 0.1) is 6.04 Å². The molecule has 0 fully saturated rings. The summed E-state index contributed by atoms with van der Waals surface area (Å²) in [5.74, 6) is 0. The summed E-state index contributed by atoms with van der Waals surface area (Å²) >= 11 is 5.59. The number of halogens is 4. The Kier molecular flexibility index (Phi) is 5.21. The Morgan fingerprint density at radius 1 is 1.31 bits per heavy atom. The van der Waals surface area contributed by atoms with Gasteiger partial charge in [0, 0.05) is 5.02 Å². The Bertz CT molecular complexity index is 268. The number of nitrogens with two attached hydrogens (primary N) is 1. The van der Waals surface area contributed by atoms with Gasteiger partial charge in [0.25, 0.3) is 6.43 Å². The second kappa shape index (κ2) is 5.37. The molecule has 0 heterocycles. The molecule has 1 aromatic rings. The van der Waals surface area contributed by atoms with Crippen molar-refractivity contribution in [1.29, 1.82) is 0 Å². The SMILES string of the molecule is Cl.N[C@@H](c1cccc(Cl)c1)C(F)F. The van der Waals surface area contributed by atoms with Gasteiger partial charge in [-0.1, -0.05) is 23.7 Å². The van der Waals surface area contributed by atoms with Gasteiger partial charge < -0.3 is 5.73 Å². The molecule has 0 aliphatic rings. The van der Waals surface area contributed by atoms with E-state index in [0.29, 0.717) is 10.6 Å². The molecule has 0 saturated heterocycles. The molecule has 2 N–H and O–H groups in total. The van der Waals surface area contributed by atoms with Gasteiger partial charge >= 0.3 is 0 Å². The second-order valence-electron chi connectivity index (χ2n) is 2.42. The topological polar surface area (TPSA) is 26.0 Å². The van der Waals surface area contributed by atoms with Gasteiger partial charge in [0.1, 0.15) is 0 Å². The van der Waals surface area contributed by atoms with Gasteiger partial charge in [0.2, 0.25) is 0 Å². The summed E-state index contributed by atoms with van der Waals surface area (Å²) in [5.41, 5.74) is 5.56. The third kappa shape index (κ3) is 3.46. The predicted octanol–water partition coefficient (Wildman–Crippen LogP) is 3.03. The zero-order valence-corrected chi connectivity index (χ0v) is 8.16. The standard InChI is InChI=1S/C8H8ClF2N.ClH/c9-6-3-1-2-5(4-6)7(12)8(10)11;/h1-4,7-8H,12H2;1H/t7-;/m0./s1. The largest absolute Gasteiger partial charge is 0.319 e. The summed E-state index contributed by atoms with van der Waals surface area (Å²) in [6.45, 7) is 0. The number of benzene rings is 1. The van der Waals surface area contributed by atoms with Crippen LogP contribution in [0, 0.1) is 0 Å². The molecule has 1 nitrogen and oxygen atoms in total. The molecule has 0 aliphatic carbocycles. The molecule has 0 amide bonds. The lowest BCUT2D eigenvalue weighted by Crippen LogP contribution is -2.18. The van der Waals surface area contributed by atoms with E-state index >= 15 is 0 Å². The monoisotopic (exact) mass is 227 g/mol. The Labute approximate surface area is 86.3 Å². The second-order valence-corrected chi connectivity index (χ2v) is 2.85. The third-order valence-electron chi connectivity index (χ3n) is 1.51. The van der Waals surface area contributed by atoms with Crippen molar-refractivity contribution < 1.29 is 8.78 Å². The first-order valence-corrected chi connectivity index (χ1v) is 3.78. The normalized spacial score (nSPS) is 12.4. The van der Waals surface area contributed by atoms with E-state index in [9.17, 15) is 8.78 Å². The molecule has 13 heavy (non-hydrogen) atoms. The van der Waals surface area contributed by atoms with Crippen LogP contribution in [0.15, 0.2) is 24.3 Å². The average molecular weight is 228 g/mol. The number of hydrogen-bond acceptors (Lipinski definition) is 1. The van der Waals surface area contributed by atoms with Gasteiger partial charge in [-0.15, -0.1) is 12.4 Å². The number of rotatable bonds is 2. The Morgan fingerprint density at radius 2 is 1.92 bits per heavy atom. The van der Waals surface area contributed by atoms with Crippen LogP contribution in [0.2, 0.25) is 5.02 Å². The molecule has 0 bridgehead atoms. The predicted molar refractivity (Wildman–Crippen MR) is 51.6 cm³/mol. The number of hydrogen-bond donors (Lipinski definition) is 1. The van der Waals surface area contributed by atoms with E-state index in [4.69, 9.17) is 17.3 Å². The molecule has 0 radical (unpaired) electrons. The van der Waals surface area contributed by atoms with E-state index in [1.54, 1.807) is 12.1 Å². The highest BCUT2D eigenvalue weighted by atomic mass is 35.5. The third-order valence-corrected chi connectivity index (χ3v) is 1.74. The Hall–Kier alpha value is -0.380. The lowest BCUT2D eigenvalue weighted by atomic mass is 10.1. The fourth-order valence-corrected chi connectivity index (χ4v) is 1.06. The molecule has 0 aromatic heterocycles. The summed E-state index contributed by atoms with van der Waals surface area (Å²) < 4.78 is 24.2. The average Bonchev–Trinajstić information content (AvgIpc) is 2.03. The molecule has 74 valence electrons. The summed E-state index contributed by atoms with van der Waals surface area (Å²) in [4.78, 5) is 0. The van der Waals surface area contributed by atoms with E-state index < -0.39 is 12.5 Å². The summed E-state index contributed by atoms with van der Waals surface area (Å²) in [6, 6.07) is 4.94. The van der Waals surface area contributed by atoms with Crippen molar-refractivity contribution >= 4 is 24.0 Å². The Morgan fingerprint density at radius 3 is 2.38 bits per heavy atom. The molecular weight excluding hydrogens is 219 g/mol. The van der Waals surface area contributed by atoms with Gasteiger partial charge in [-0.3, -0.25) is 0 Å². The molecule has 1 atom stereocenters. The maximum atomic E-state index is 12.1. The minimum Gasteiger partial charge on any atom is -0.319 e. The van der Waals surface area contributed by atoms with Crippen LogP contribution >= 0.6 is 24.0 Å². The van der Waals surface area contributed by atoms with Crippen LogP contribution in [0.1, 0.15) is 11.6 Å². The van der Waals surface area contributed by atoms with Crippen molar-refractivity contribution in [3.8, 4) is 0 Å². The molecule has 5 heteroatoms. The molecule has 0 spiro atoms. The van der Waals surface area contributed by atoms with E-state index in [1.807, 2.05) is 0 Å². The van der Waals surface area contributed by atoms with Crippen molar-refractivity contribution in [2.45, 2.75) is 12.5 Å². The van der Waals surface area contributed by atoms with Gasteiger partial charge in [-0.2, -0.15) is 0 Å². The van der Waals surface area contributed by atoms with E-state index in [1.165, 1.54) is 12.1 Å². The van der Waals surface area contributed by atoms with E-state index in [2.05, 4.69) is 0 Å². The van der Waals surface area contributed by atoms with E-state index in [0.717, 1.165) is 0 Å². The summed E-state index contributed by atoms with van der Waals surface area (Å²) in [5, 5.41) is 0.420. The van der Waals surface area contributed by atoms with Crippen LogP contribution < -0.4 is 5.73 Å². The molecular formula is C8H9Cl2F2N. The van der Waals surface area contributed by atoms with Gasteiger partial charge in [-0.05, 0) is 17.7 Å². The smallest absolute Gasteiger partial charge is 0.257 e. The number of alkyl halides is 2. The molecule has 1 rings (SSSR count). The van der Waals surface area contributed by atoms with Crippen molar-refractivity contribution in [2.75, 3.05) is 0 Å². The molecule has 0 aliphatic heterocycles. The lowest BCUT2D eigenvalue weighted by Gasteiger charge is -2.10. The van der Waals surface area contributed by atoms with Crippen molar-refractivity contribution in [3.05, 3.63) is 34.9 Å². The zero-order chi connectivity index (χ0) is 9.14. The molecule has 0 saturated carbocycles. The minimum absolute atomic E-state index is 0. The van der Waals surface area contributed by atoms with Crippen molar-refractivity contribution in [2.24, 2.45) is 5.73 Å². The van der Waals surface area contributed by atoms with Crippen molar-refractivity contribution in [3.63, 3.8) is 0 Å². The lowest BCUT2D eigenvalue weighted by molar-refractivity contribution is 0.116. The highest BCUT2D eigenvalue weighted by Gasteiger charge is 2.16. The minimum atomic E-state index is -2.55. The maximum Gasteiger partial charge on any atom is 0.257 e. The van der Waals surface area contributed by atoms with Crippen LogP contribution in [-0.2, 0) is 0 Å². The van der Waals surface area contributed by atoms with Crippen LogP contribution in [-0.4, -0.2) is 6.43 Å². The van der Waals surface area contributed by atoms with Crippen LogP contribution in [0.5, 0.6) is 0 Å². The van der Waals surface area contributed by atoms with Gasteiger partial charge in [-0.25, -0.2) is 8.78 Å². The van der Waals surface area contributed by atoms with Crippen LogP contribution in [0.25, 0.3) is 0 Å². The van der Waals surface area contributed by atoms with Gasteiger partial charge in [0.15, 0.2) is 0 Å². The first kappa shape index (κ1) is 12.6.